The highest BCUT2D eigenvalue weighted by Gasteiger charge is 2.30. The van der Waals surface area contributed by atoms with Crippen LogP contribution in [0.4, 0.5) is 0 Å². The lowest BCUT2D eigenvalue weighted by molar-refractivity contribution is -0.133. The lowest BCUT2D eigenvalue weighted by Crippen LogP contribution is -2.41. The number of carbonyl (C=O) groups excluding carboxylic acids is 2. The maximum atomic E-state index is 12.2. The van der Waals surface area contributed by atoms with Gasteiger partial charge in [0.2, 0.25) is 11.8 Å². The molecule has 0 radical (unpaired) electrons. The maximum Gasteiger partial charge on any atom is 0.222 e. The third kappa shape index (κ3) is 3.85. The van der Waals surface area contributed by atoms with Crippen LogP contribution >= 0.6 is 0 Å². The standard InChI is InChI=1S/C17H24N2O3/c1-12(11-20)10-18-17(22)9-16-15-6-4-3-5-14(15)7-8-19(16)13(2)21/h3-6,12,16,20H,7-11H2,1-2H3,(H,18,22). The lowest BCUT2D eigenvalue weighted by Gasteiger charge is -2.36. The maximum absolute atomic E-state index is 12.2. The Morgan fingerprint density at radius 3 is 2.82 bits per heavy atom. The van der Waals surface area contributed by atoms with Crippen LogP contribution in [0.15, 0.2) is 24.3 Å². The summed E-state index contributed by atoms with van der Waals surface area (Å²) >= 11 is 0. The summed E-state index contributed by atoms with van der Waals surface area (Å²) in [6.07, 6.45) is 1.09. The molecule has 0 saturated heterocycles. The Hall–Kier alpha value is -1.88. The molecule has 2 atom stereocenters. The van der Waals surface area contributed by atoms with Crippen molar-refractivity contribution in [3.63, 3.8) is 0 Å². The van der Waals surface area contributed by atoms with Crippen molar-refractivity contribution >= 4 is 11.8 Å². The van der Waals surface area contributed by atoms with E-state index < -0.39 is 0 Å². The number of fused-ring (bicyclic) bond motifs is 1. The Morgan fingerprint density at radius 2 is 2.14 bits per heavy atom. The molecule has 0 saturated carbocycles. The van der Waals surface area contributed by atoms with Crippen LogP contribution in [0.5, 0.6) is 0 Å². The van der Waals surface area contributed by atoms with Crippen LogP contribution in [0.25, 0.3) is 0 Å². The zero-order valence-corrected chi connectivity index (χ0v) is 13.2. The Balaban J connectivity index is 2.11. The highest BCUT2D eigenvalue weighted by Crippen LogP contribution is 2.32. The highest BCUT2D eigenvalue weighted by atomic mass is 16.3. The Kier molecular flexibility index (Phi) is 5.55. The number of aliphatic hydroxyl groups excluding tert-OH is 1. The van der Waals surface area contributed by atoms with Gasteiger partial charge in [-0.1, -0.05) is 31.2 Å². The number of hydrogen-bond donors (Lipinski definition) is 2. The van der Waals surface area contributed by atoms with Crippen LogP contribution in [0, 0.1) is 5.92 Å². The van der Waals surface area contributed by atoms with Crippen LogP contribution in [0.1, 0.15) is 37.4 Å². The quantitative estimate of drug-likeness (QED) is 0.860. The van der Waals surface area contributed by atoms with Gasteiger partial charge in [-0.15, -0.1) is 0 Å². The minimum atomic E-state index is -0.202. The predicted octanol–water partition coefficient (Wildman–Crippen LogP) is 1.27. The summed E-state index contributed by atoms with van der Waals surface area (Å²) < 4.78 is 0. The molecule has 5 nitrogen and oxygen atoms in total. The molecule has 22 heavy (non-hydrogen) atoms. The summed E-state index contributed by atoms with van der Waals surface area (Å²) in [5, 5.41) is 11.8. The fourth-order valence-electron chi connectivity index (χ4n) is 2.85. The third-order valence-electron chi connectivity index (χ3n) is 4.15. The summed E-state index contributed by atoms with van der Waals surface area (Å²) in [7, 11) is 0. The van der Waals surface area contributed by atoms with Crippen molar-refractivity contribution in [1.82, 2.24) is 10.2 Å². The van der Waals surface area contributed by atoms with E-state index in [1.54, 1.807) is 11.8 Å². The first-order chi connectivity index (χ1) is 10.5. The summed E-state index contributed by atoms with van der Waals surface area (Å²) in [6.45, 7) is 4.57. The van der Waals surface area contributed by atoms with Gasteiger partial charge in [0.15, 0.2) is 0 Å². The van der Waals surface area contributed by atoms with E-state index in [0.29, 0.717) is 13.1 Å². The Labute approximate surface area is 131 Å². The first-order valence-corrected chi connectivity index (χ1v) is 7.75. The smallest absolute Gasteiger partial charge is 0.222 e. The molecule has 0 spiro atoms. The van der Waals surface area contributed by atoms with E-state index in [0.717, 1.165) is 12.0 Å². The van der Waals surface area contributed by atoms with Crippen molar-refractivity contribution in [3.8, 4) is 0 Å². The molecule has 2 unspecified atom stereocenters. The van der Waals surface area contributed by atoms with E-state index in [2.05, 4.69) is 11.4 Å². The van der Waals surface area contributed by atoms with Crippen molar-refractivity contribution in [1.29, 1.82) is 0 Å². The molecule has 2 N–H and O–H groups in total. The number of carbonyl (C=O) groups is 2. The molecular weight excluding hydrogens is 280 g/mol. The van der Waals surface area contributed by atoms with E-state index in [-0.39, 0.29) is 36.8 Å². The second kappa shape index (κ2) is 7.40. The van der Waals surface area contributed by atoms with E-state index in [9.17, 15) is 9.59 Å². The molecule has 1 aromatic rings. The van der Waals surface area contributed by atoms with Crippen LogP contribution < -0.4 is 5.32 Å². The van der Waals surface area contributed by atoms with Gasteiger partial charge in [-0.25, -0.2) is 0 Å². The number of nitrogens with one attached hydrogen (secondary N) is 1. The normalized spacial score (nSPS) is 18.5. The fourth-order valence-corrected chi connectivity index (χ4v) is 2.85. The van der Waals surface area contributed by atoms with Gasteiger partial charge in [0.05, 0.1) is 12.5 Å². The van der Waals surface area contributed by atoms with Crippen LogP contribution in [-0.2, 0) is 16.0 Å². The van der Waals surface area contributed by atoms with Gasteiger partial charge in [-0.2, -0.15) is 0 Å². The lowest BCUT2D eigenvalue weighted by atomic mass is 9.90. The minimum absolute atomic E-state index is 0.00368. The van der Waals surface area contributed by atoms with Crippen LogP contribution in [-0.4, -0.2) is 41.5 Å². The molecule has 0 fully saturated rings. The number of aliphatic hydroxyl groups is 1. The van der Waals surface area contributed by atoms with Crippen molar-refractivity contribution in [2.24, 2.45) is 5.92 Å². The van der Waals surface area contributed by atoms with Gasteiger partial charge in [0, 0.05) is 26.6 Å². The minimum Gasteiger partial charge on any atom is -0.396 e. The molecule has 5 heteroatoms. The molecule has 1 aliphatic heterocycles. The summed E-state index contributed by atoms with van der Waals surface area (Å²) in [5.74, 6) is -0.0595. The molecule has 1 heterocycles. The van der Waals surface area contributed by atoms with E-state index in [1.807, 2.05) is 25.1 Å². The largest absolute Gasteiger partial charge is 0.396 e. The van der Waals surface area contributed by atoms with Gasteiger partial charge in [-0.05, 0) is 23.5 Å². The number of hydrogen-bond acceptors (Lipinski definition) is 3. The average molecular weight is 304 g/mol. The molecule has 0 bridgehead atoms. The van der Waals surface area contributed by atoms with Crippen LogP contribution in [0.3, 0.4) is 0 Å². The second-order valence-electron chi connectivity index (χ2n) is 5.97. The van der Waals surface area contributed by atoms with Crippen molar-refractivity contribution in [2.45, 2.75) is 32.7 Å². The number of amides is 2. The van der Waals surface area contributed by atoms with Crippen molar-refractivity contribution < 1.29 is 14.7 Å². The molecule has 2 amide bonds. The SMILES string of the molecule is CC(=O)N1CCc2ccccc2C1CC(=O)NCC(C)CO. The van der Waals surface area contributed by atoms with Gasteiger partial charge in [0.25, 0.3) is 0 Å². The molecule has 120 valence electrons. The van der Waals surface area contributed by atoms with E-state index in [4.69, 9.17) is 5.11 Å². The topological polar surface area (TPSA) is 69.6 Å². The van der Waals surface area contributed by atoms with Crippen molar-refractivity contribution in [3.05, 3.63) is 35.4 Å². The molecule has 1 aliphatic rings. The first kappa shape index (κ1) is 16.5. The van der Waals surface area contributed by atoms with Crippen LogP contribution in [0.2, 0.25) is 0 Å². The zero-order valence-electron chi connectivity index (χ0n) is 13.2. The molecule has 1 aromatic carbocycles. The number of nitrogens with zero attached hydrogens (tertiary/aromatic N) is 1. The van der Waals surface area contributed by atoms with Gasteiger partial charge in [-0.3, -0.25) is 9.59 Å². The molecule has 0 aromatic heterocycles. The predicted molar refractivity (Wildman–Crippen MR) is 84.2 cm³/mol. The van der Waals surface area contributed by atoms with Crippen molar-refractivity contribution in [2.75, 3.05) is 19.7 Å². The van der Waals surface area contributed by atoms with Gasteiger partial charge in [0.1, 0.15) is 0 Å². The fraction of sp³-hybridized carbons (Fsp3) is 0.529. The first-order valence-electron chi connectivity index (χ1n) is 7.75. The molecular formula is C17H24N2O3. The summed E-state index contributed by atoms with van der Waals surface area (Å²) in [4.78, 5) is 25.8. The average Bonchev–Trinajstić information content (AvgIpc) is 2.52. The van der Waals surface area contributed by atoms with E-state index in [1.165, 1.54) is 5.56 Å². The van der Waals surface area contributed by atoms with Gasteiger partial charge < -0.3 is 15.3 Å². The summed E-state index contributed by atoms with van der Waals surface area (Å²) in [5.41, 5.74) is 2.27. The monoisotopic (exact) mass is 304 g/mol. The van der Waals surface area contributed by atoms with E-state index >= 15 is 0 Å². The molecule has 0 aliphatic carbocycles. The molecule has 2 rings (SSSR count). The Morgan fingerprint density at radius 1 is 1.41 bits per heavy atom. The van der Waals surface area contributed by atoms with Gasteiger partial charge >= 0.3 is 0 Å². The summed E-state index contributed by atoms with van der Waals surface area (Å²) in [6, 6.07) is 7.79. The zero-order chi connectivity index (χ0) is 16.1. The third-order valence-corrected chi connectivity index (χ3v) is 4.15. The number of benzene rings is 1. The second-order valence-corrected chi connectivity index (χ2v) is 5.97. The number of rotatable bonds is 5. The highest BCUT2D eigenvalue weighted by molar-refractivity contribution is 5.79. The Bertz CT molecular complexity index is 544.